The van der Waals surface area contributed by atoms with E-state index in [-0.39, 0.29) is 18.2 Å². The van der Waals surface area contributed by atoms with E-state index >= 15 is 0 Å². The molecule has 0 N–H and O–H groups in total. The summed E-state index contributed by atoms with van der Waals surface area (Å²) in [6.45, 7) is -5.53. The molecule has 1 rings (SSSR count). The summed E-state index contributed by atoms with van der Waals surface area (Å²) in [5, 5.41) is 0. The fraction of sp³-hybridized carbons (Fsp3) is 0.333. The molecule has 0 radical (unpaired) electrons. The molecule has 19 heavy (non-hydrogen) atoms. The molecule has 0 aliphatic rings. The average molecular weight is 295 g/mol. The van der Waals surface area contributed by atoms with Gasteiger partial charge in [-0.3, -0.25) is 0 Å². The van der Waals surface area contributed by atoms with Gasteiger partial charge in [0.1, 0.15) is 0 Å². The maximum atomic E-state index is 12.3. The molecular weight excluding hydrogens is 290 g/mol. The van der Waals surface area contributed by atoms with Crippen LogP contribution < -0.4 is 0 Å². The molecule has 0 nitrogen and oxygen atoms in total. The van der Waals surface area contributed by atoms with E-state index in [1.54, 1.807) is 0 Å². The van der Waals surface area contributed by atoms with Crippen LogP contribution in [0.3, 0.4) is 0 Å². The van der Waals surface area contributed by atoms with Crippen LogP contribution in [0.5, 0.6) is 0 Å². The summed E-state index contributed by atoms with van der Waals surface area (Å²) in [6.07, 6.45) is -12.1. The minimum atomic E-state index is -5.53. The van der Waals surface area contributed by atoms with E-state index in [1.165, 1.54) is 0 Å². The Bertz CT molecular complexity index is 422. The summed E-state index contributed by atoms with van der Waals surface area (Å²) in [4.78, 5) is 0. The van der Waals surface area contributed by atoms with Crippen molar-refractivity contribution in [3.63, 3.8) is 0 Å². The summed E-state index contributed by atoms with van der Waals surface area (Å²) in [7, 11) is 0. The fourth-order valence-corrected chi connectivity index (χ4v) is 1.40. The molecule has 0 fully saturated rings. The summed E-state index contributed by atoms with van der Waals surface area (Å²) >= 11 is 0. The van der Waals surface area contributed by atoms with Gasteiger partial charge in [0.2, 0.25) is 0 Å². The van der Waals surface area contributed by atoms with Crippen LogP contribution in [0, 0.1) is 0 Å². The smallest absolute Gasteiger partial charge is 0.449 e. The molecule has 1 aromatic carbocycles. The first-order valence-corrected chi connectivity index (χ1v) is 4.78. The highest BCUT2D eigenvalue weighted by molar-refractivity contribution is 6.57. The van der Waals surface area contributed by atoms with Crippen LogP contribution in [0.2, 0.25) is 0 Å². The normalized spacial score (nSPS) is 13.7. The van der Waals surface area contributed by atoms with Crippen molar-refractivity contribution in [2.45, 2.75) is 18.7 Å². The van der Waals surface area contributed by atoms with Crippen molar-refractivity contribution in [1.82, 2.24) is 0 Å². The second-order valence-corrected chi connectivity index (χ2v) is 3.83. The number of hydrogen-bond donors (Lipinski definition) is 0. The van der Waals surface area contributed by atoms with Crippen LogP contribution in [0.1, 0.15) is 16.7 Å². The van der Waals surface area contributed by atoms with E-state index in [1.807, 2.05) is 0 Å². The quantitative estimate of drug-likeness (QED) is 0.550. The molecule has 0 aliphatic carbocycles. The second-order valence-electron chi connectivity index (χ2n) is 3.83. The predicted octanol–water partition coefficient (Wildman–Crippen LogP) is 4.65. The molecule has 0 saturated carbocycles. The van der Waals surface area contributed by atoms with E-state index < -0.39 is 42.3 Å². The Morgan fingerprint density at radius 1 is 0.737 bits per heavy atom. The van der Waals surface area contributed by atoms with E-state index in [0.29, 0.717) is 0 Å². The zero-order valence-corrected chi connectivity index (χ0v) is 8.92. The third kappa shape index (κ3) is 4.68. The van der Waals surface area contributed by atoms with Gasteiger partial charge >= 0.3 is 19.3 Å². The SMILES string of the molecule is F[B-](F)(F)Cc1cc(C(F)(F)F)cc(C(F)(F)F)c1. The van der Waals surface area contributed by atoms with Crippen LogP contribution in [-0.4, -0.2) is 6.98 Å². The number of hydrogen-bond acceptors (Lipinski definition) is 0. The Kier molecular flexibility index (Phi) is 3.84. The Morgan fingerprint density at radius 3 is 1.37 bits per heavy atom. The van der Waals surface area contributed by atoms with Crippen molar-refractivity contribution >= 4 is 6.98 Å². The highest BCUT2D eigenvalue weighted by atomic mass is 19.4. The lowest BCUT2D eigenvalue weighted by Crippen LogP contribution is -2.21. The van der Waals surface area contributed by atoms with Gasteiger partial charge in [0, 0.05) is 0 Å². The first-order chi connectivity index (χ1) is 8.29. The van der Waals surface area contributed by atoms with Gasteiger partial charge in [0.25, 0.3) is 0 Å². The van der Waals surface area contributed by atoms with Crippen LogP contribution >= 0.6 is 0 Å². The minimum absolute atomic E-state index is 0.0739. The Balaban J connectivity index is 3.33. The molecule has 0 atom stereocenters. The maximum Gasteiger partial charge on any atom is 0.482 e. The van der Waals surface area contributed by atoms with Crippen LogP contribution in [0.25, 0.3) is 0 Å². The number of rotatable bonds is 2. The van der Waals surface area contributed by atoms with Crippen molar-refractivity contribution in [3.8, 4) is 0 Å². The molecule has 0 bridgehead atoms. The summed E-state index contributed by atoms with van der Waals surface area (Å²) in [5.41, 5.74) is -4.57. The monoisotopic (exact) mass is 295 g/mol. The second kappa shape index (κ2) is 4.64. The minimum Gasteiger partial charge on any atom is -0.449 e. The summed E-state index contributed by atoms with van der Waals surface area (Å²) in [6, 6.07) is -0.0676. The molecular formula is C9H5BF9-. The highest BCUT2D eigenvalue weighted by Crippen LogP contribution is 2.37. The van der Waals surface area contributed by atoms with Crippen LogP contribution in [0.15, 0.2) is 18.2 Å². The van der Waals surface area contributed by atoms with Crippen molar-refractivity contribution in [2.75, 3.05) is 0 Å². The van der Waals surface area contributed by atoms with Crippen LogP contribution in [0.4, 0.5) is 39.3 Å². The van der Waals surface area contributed by atoms with Crippen molar-refractivity contribution in [1.29, 1.82) is 0 Å². The molecule has 1 aromatic rings. The maximum absolute atomic E-state index is 12.3. The molecule has 0 heterocycles. The van der Waals surface area contributed by atoms with Crippen molar-refractivity contribution in [2.24, 2.45) is 0 Å². The molecule has 0 unspecified atom stereocenters. The van der Waals surface area contributed by atoms with Crippen molar-refractivity contribution < 1.29 is 39.3 Å². The van der Waals surface area contributed by atoms with Crippen molar-refractivity contribution in [3.05, 3.63) is 34.9 Å². The first-order valence-electron chi connectivity index (χ1n) is 4.78. The molecule has 0 aromatic heterocycles. The molecule has 0 saturated heterocycles. The van der Waals surface area contributed by atoms with Gasteiger partial charge in [0.15, 0.2) is 0 Å². The lowest BCUT2D eigenvalue weighted by molar-refractivity contribution is -0.143. The fourth-order valence-electron chi connectivity index (χ4n) is 1.40. The predicted molar refractivity (Wildman–Crippen MR) is 49.2 cm³/mol. The summed E-state index contributed by atoms with van der Waals surface area (Å²) < 4.78 is 110. The average Bonchev–Trinajstić information content (AvgIpc) is 2.11. The van der Waals surface area contributed by atoms with Gasteiger partial charge in [-0.25, -0.2) is 0 Å². The summed E-state index contributed by atoms with van der Waals surface area (Å²) in [5.74, 6) is 0. The Morgan fingerprint density at radius 2 is 1.11 bits per heavy atom. The van der Waals surface area contributed by atoms with E-state index in [0.717, 1.165) is 0 Å². The van der Waals surface area contributed by atoms with Gasteiger partial charge in [-0.1, -0.05) is 11.9 Å². The topological polar surface area (TPSA) is 0 Å². The number of alkyl halides is 6. The van der Waals surface area contributed by atoms with Gasteiger partial charge in [-0.15, -0.1) is 0 Å². The Hall–Kier alpha value is -1.35. The zero-order valence-electron chi connectivity index (χ0n) is 8.92. The first kappa shape index (κ1) is 15.7. The molecule has 10 heteroatoms. The van der Waals surface area contributed by atoms with Gasteiger partial charge in [-0.2, -0.15) is 26.3 Å². The molecule has 108 valence electrons. The van der Waals surface area contributed by atoms with Gasteiger partial charge in [0.05, 0.1) is 11.1 Å². The largest absolute Gasteiger partial charge is 0.482 e. The molecule has 0 amide bonds. The number of halogens is 9. The zero-order chi connectivity index (χ0) is 15.1. The lowest BCUT2D eigenvalue weighted by Gasteiger charge is -2.18. The third-order valence-electron chi connectivity index (χ3n) is 2.11. The molecule has 0 aliphatic heterocycles. The third-order valence-corrected chi connectivity index (χ3v) is 2.11. The molecule has 0 spiro atoms. The van der Waals surface area contributed by atoms with Crippen LogP contribution in [-0.2, 0) is 18.7 Å². The highest BCUT2D eigenvalue weighted by Gasteiger charge is 2.37. The standard InChI is InChI=1S/C9H5BF9/c11-8(12,13)6-1-5(4-10(17,18)19)2-7(3-6)9(14,15)16/h1-3H,4H2/q-1. The van der Waals surface area contributed by atoms with Gasteiger partial charge in [-0.05, 0) is 18.2 Å². The van der Waals surface area contributed by atoms with E-state index in [2.05, 4.69) is 0 Å². The van der Waals surface area contributed by atoms with E-state index in [4.69, 9.17) is 0 Å². The number of benzene rings is 1. The van der Waals surface area contributed by atoms with E-state index in [9.17, 15) is 39.3 Å². The Labute approximate surface area is 101 Å². The van der Waals surface area contributed by atoms with Gasteiger partial charge < -0.3 is 12.9 Å². The lowest BCUT2D eigenvalue weighted by atomic mass is 9.81.